The molecule has 0 heterocycles. The second-order valence-corrected chi connectivity index (χ2v) is 3.00. The van der Waals surface area contributed by atoms with Crippen molar-refractivity contribution in [2.75, 3.05) is 13.1 Å². The van der Waals surface area contributed by atoms with E-state index in [4.69, 9.17) is 5.11 Å². The lowest BCUT2D eigenvalue weighted by atomic mass is 10.3. The number of hydrogen-bond acceptors (Lipinski definition) is 2. The molecular formula is C7H13NO2. The molecule has 0 aliphatic heterocycles. The lowest BCUT2D eigenvalue weighted by Gasteiger charge is -1.97. The molecule has 3 nitrogen and oxygen atoms in total. The fourth-order valence-corrected chi connectivity index (χ4v) is 1.05. The van der Waals surface area contributed by atoms with E-state index in [0.29, 0.717) is 0 Å². The van der Waals surface area contributed by atoms with Gasteiger partial charge in [-0.05, 0) is 24.8 Å². The first-order valence-corrected chi connectivity index (χ1v) is 3.62. The number of rotatable bonds is 4. The average molecular weight is 143 g/mol. The molecule has 0 amide bonds. The van der Waals surface area contributed by atoms with Crippen molar-refractivity contribution < 1.29 is 9.90 Å². The van der Waals surface area contributed by atoms with Crippen LogP contribution in [0, 0.1) is 11.8 Å². The normalized spacial score (nSPS) is 30.1. The van der Waals surface area contributed by atoms with Crippen molar-refractivity contribution in [2.45, 2.75) is 13.3 Å². The van der Waals surface area contributed by atoms with Crippen LogP contribution in [0.25, 0.3) is 0 Å². The zero-order valence-corrected chi connectivity index (χ0v) is 6.13. The lowest BCUT2D eigenvalue weighted by Crippen LogP contribution is -2.24. The van der Waals surface area contributed by atoms with Crippen LogP contribution in [0.1, 0.15) is 13.3 Å². The van der Waals surface area contributed by atoms with Crippen LogP contribution in [0.3, 0.4) is 0 Å². The van der Waals surface area contributed by atoms with Gasteiger partial charge in [-0.3, -0.25) is 4.79 Å². The standard InChI is InChI=1S/C7H13NO2/c1-5-2-6(5)3-8-4-7(9)10/h5-6,8H,2-4H2,1H3,(H,9,10). The number of nitrogens with one attached hydrogen (secondary N) is 1. The maximum atomic E-state index is 10.0. The zero-order chi connectivity index (χ0) is 7.56. The Morgan fingerprint density at radius 2 is 2.40 bits per heavy atom. The van der Waals surface area contributed by atoms with Gasteiger partial charge in [-0.2, -0.15) is 0 Å². The first-order chi connectivity index (χ1) is 4.70. The third kappa shape index (κ3) is 2.35. The second kappa shape index (κ2) is 3.01. The molecule has 1 saturated carbocycles. The predicted molar refractivity (Wildman–Crippen MR) is 37.8 cm³/mol. The van der Waals surface area contributed by atoms with Crippen molar-refractivity contribution >= 4 is 5.97 Å². The van der Waals surface area contributed by atoms with E-state index in [0.717, 1.165) is 18.4 Å². The van der Waals surface area contributed by atoms with Crippen LogP contribution in [-0.4, -0.2) is 24.2 Å². The molecule has 0 spiro atoms. The Labute approximate surface area is 60.4 Å². The first-order valence-electron chi connectivity index (χ1n) is 3.62. The van der Waals surface area contributed by atoms with E-state index in [1.54, 1.807) is 0 Å². The van der Waals surface area contributed by atoms with Gasteiger partial charge in [0.25, 0.3) is 0 Å². The second-order valence-electron chi connectivity index (χ2n) is 3.00. The summed E-state index contributed by atoms with van der Waals surface area (Å²) >= 11 is 0. The largest absolute Gasteiger partial charge is 0.480 e. The van der Waals surface area contributed by atoms with E-state index in [1.807, 2.05) is 0 Å². The van der Waals surface area contributed by atoms with E-state index in [2.05, 4.69) is 12.2 Å². The van der Waals surface area contributed by atoms with Gasteiger partial charge in [0, 0.05) is 0 Å². The molecule has 2 unspecified atom stereocenters. The molecule has 58 valence electrons. The maximum Gasteiger partial charge on any atom is 0.317 e. The molecule has 1 fully saturated rings. The van der Waals surface area contributed by atoms with E-state index < -0.39 is 5.97 Å². The lowest BCUT2D eigenvalue weighted by molar-refractivity contribution is -0.135. The van der Waals surface area contributed by atoms with Gasteiger partial charge in [-0.1, -0.05) is 6.92 Å². The highest BCUT2D eigenvalue weighted by Crippen LogP contribution is 2.36. The van der Waals surface area contributed by atoms with Gasteiger partial charge >= 0.3 is 5.97 Å². The minimum absolute atomic E-state index is 0.100. The van der Waals surface area contributed by atoms with E-state index >= 15 is 0 Å². The Morgan fingerprint density at radius 1 is 1.80 bits per heavy atom. The summed E-state index contributed by atoms with van der Waals surface area (Å²) in [5, 5.41) is 11.1. The number of carbonyl (C=O) groups is 1. The zero-order valence-electron chi connectivity index (χ0n) is 6.13. The summed E-state index contributed by atoms with van der Waals surface area (Å²) in [7, 11) is 0. The third-order valence-corrected chi connectivity index (χ3v) is 1.96. The summed E-state index contributed by atoms with van der Waals surface area (Å²) in [5.41, 5.74) is 0. The van der Waals surface area contributed by atoms with Gasteiger partial charge in [0.1, 0.15) is 0 Å². The van der Waals surface area contributed by atoms with Crippen LogP contribution in [0.4, 0.5) is 0 Å². The minimum atomic E-state index is -0.770. The van der Waals surface area contributed by atoms with E-state index in [1.165, 1.54) is 6.42 Å². The average Bonchev–Trinajstić information content (AvgIpc) is 2.46. The van der Waals surface area contributed by atoms with Gasteiger partial charge < -0.3 is 10.4 Å². The quantitative estimate of drug-likeness (QED) is 0.595. The molecule has 0 aromatic rings. The van der Waals surface area contributed by atoms with Crippen molar-refractivity contribution in [1.29, 1.82) is 0 Å². The third-order valence-electron chi connectivity index (χ3n) is 1.96. The molecule has 3 heteroatoms. The Bertz CT molecular complexity index is 136. The Morgan fingerprint density at radius 3 is 2.80 bits per heavy atom. The van der Waals surface area contributed by atoms with Gasteiger partial charge in [0.15, 0.2) is 0 Å². The van der Waals surface area contributed by atoms with Gasteiger partial charge in [0.2, 0.25) is 0 Å². The highest BCUT2D eigenvalue weighted by atomic mass is 16.4. The smallest absolute Gasteiger partial charge is 0.317 e. The van der Waals surface area contributed by atoms with Gasteiger partial charge in [-0.15, -0.1) is 0 Å². The van der Waals surface area contributed by atoms with Crippen LogP contribution in [0.5, 0.6) is 0 Å². The minimum Gasteiger partial charge on any atom is -0.480 e. The number of aliphatic carboxylic acids is 1. The predicted octanol–water partition coefficient (Wildman–Crippen LogP) is 0.317. The number of carboxylic acid groups (broad SMARTS) is 1. The van der Waals surface area contributed by atoms with Crippen LogP contribution < -0.4 is 5.32 Å². The van der Waals surface area contributed by atoms with Crippen LogP contribution >= 0.6 is 0 Å². The van der Waals surface area contributed by atoms with Crippen LogP contribution in [0.15, 0.2) is 0 Å². The Hall–Kier alpha value is -0.570. The van der Waals surface area contributed by atoms with Crippen molar-refractivity contribution in [3.63, 3.8) is 0 Å². The molecule has 0 bridgehead atoms. The van der Waals surface area contributed by atoms with Crippen molar-refractivity contribution in [3.05, 3.63) is 0 Å². The summed E-state index contributed by atoms with van der Waals surface area (Å²) in [5.74, 6) is 0.772. The molecule has 10 heavy (non-hydrogen) atoms. The molecule has 0 aromatic heterocycles. The Kier molecular flexibility index (Phi) is 2.27. The molecule has 0 aromatic carbocycles. The van der Waals surface area contributed by atoms with Crippen LogP contribution in [0.2, 0.25) is 0 Å². The van der Waals surface area contributed by atoms with Crippen LogP contribution in [-0.2, 0) is 4.79 Å². The summed E-state index contributed by atoms with van der Waals surface area (Å²) in [6.45, 7) is 3.16. The molecular weight excluding hydrogens is 130 g/mol. The number of hydrogen-bond donors (Lipinski definition) is 2. The Balaban J connectivity index is 1.91. The van der Waals surface area contributed by atoms with Crippen molar-refractivity contribution in [1.82, 2.24) is 5.32 Å². The summed E-state index contributed by atoms with van der Waals surface area (Å²) in [6.07, 6.45) is 1.26. The van der Waals surface area contributed by atoms with E-state index in [-0.39, 0.29) is 6.54 Å². The van der Waals surface area contributed by atoms with Gasteiger partial charge in [-0.25, -0.2) is 0 Å². The fourth-order valence-electron chi connectivity index (χ4n) is 1.05. The molecule has 0 saturated heterocycles. The maximum absolute atomic E-state index is 10.0. The summed E-state index contributed by atoms with van der Waals surface area (Å²) < 4.78 is 0. The molecule has 0 radical (unpaired) electrons. The van der Waals surface area contributed by atoms with Crippen molar-refractivity contribution in [3.8, 4) is 0 Å². The SMILES string of the molecule is CC1CC1CNCC(=O)O. The topological polar surface area (TPSA) is 49.3 Å². The fraction of sp³-hybridized carbons (Fsp3) is 0.857. The highest BCUT2D eigenvalue weighted by Gasteiger charge is 2.31. The molecule has 2 N–H and O–H groups in total. The first kappa shape index (κ1) is 7.54. The summed E-state index contributed by atoms with van der Waals surface area (Å²) in [6, 6.07) is 0. The highest BCUT2D eigenvalue weighted by molar-refractivity contribution is 5.68. The van der Waals surface area contributed by atoms with Crippen molar-refractivity contribution in [2.24, 2.45) is 11.8 Å². The van der Waals surface area contributed by atoms with E-state index in [9.17, 15) is 4.79 Å². The monoisotopic (exact) mass is 143 g/mol. The van der Waals surface area contributed by atoms with Gasteiger partial charge in [0.05, 0.1) is 6.54 Å². The number of carboxylic acids is 1. The molecule has 1 rings (SSSR count). The summed E-state index contributed by atoms with van der Waals surface area (Å²) in [4.78, 5) is 10.0. The molecule has 2 atom stereocenters. The molecule has 1 aliphatic rings. The molecule has 1 aliphatic carbocycles.